The van der Waals surface area contributed by atoms with Crippen LogP contribution in [0.2, 0.25) is 0 Å². The molecule has 0 saturated carbocycles. The molecule has 1 N–H and O–H groups in total. The van der Waals surface area contributed by atoms with Gasteiger partial charge in [-0.05, 0) is 47.7 Å². The van der Waals surface area contributed by atoms with E-state index in [0.717, 1.165) is 27.6 Å². The first-order valence-electron chi connectivity index (χ1n) is 8.18. The number of rotatable bonds is 4. The number of nitrogens with zero attached hydrogens (tertiary/aromatic N) is 1. The maximum atomic E-state index is 12.5. The van der Waals surface area contributed by atoms with Gasteiger partial charge in [0.25, 0.3) is 5.91 Å². The van der Waals surface area contributed by atoms with Crippen molar-refractivity contribution in [1.29, 1.82) is 5.26 Å². The monoisotopic (exact) mass is 342 g/mol. The number of carbonyl (C=O) groups excluding carboxylic acids is 1. The first-order valence-corrected chi connectivity index (χ1v) is 8.18. The zero-order chi connectivity index (χ0) is 18.5. The van der Waals surface area contributed by atoms with Gasteiger partial charge < -0.3 is 10.1 Å². The Morgan fingerprint density at radius 3 is 2.54 bits per heavy atom. The molecule has 3 rings (SSSR count). The molecule has 0 fully saturated rings. The maximum Gasteiger partial charge on any atom is 0.266 e. The van der Waals surface area contributed by atoms with Crippen molar-refractivity contribution in [3.63, 3.8) is 0 Å². The highest BCUT2D eigenvalue weighted by Crippen LogP contribution is 2.29. The van der Waals surface area contributed by atoms with Gasteiger partial charge in [0, 0.05) is 11.1 Å². The van der Waals surface area contributed by atoms with Gasteiger partial charge in [-0.2, -0.15) is 5.26 Å². The van der Waals surface area contributed by atoms with Crippen molar-refractivity contribution in [1.82, 2.24) is 0 Å². The highest BCUT2D eigenvalue weighted by Gasteiger charge is 2.11. The third kappa shape index (κ3) is 3.57. The summed E-state index contributed by atoms with van der Waals surface area (Å²) in [6, 6.07) is 20.9. The number of hydrogen-bond acceptors (Lipinski definition) is 3. The predicted molar refractivity (Wildman–Crippen MR) is 104 cm³/mol. The van der Waals surface area contributed by atoms with Crippen molar-refractivity contribution in [3.8, 4) is 11.8 Å². The molecule has 0 saturated heterocycles. The Bertz CT molecular complexity index is 1050. The van der Waals surface area contributed by atoms with E-state index in [0.29, 0.717) is 5.69 Å². The molecule has 26 heavy (non-hydrogen) atoms. The minimum absolute atomic E-state index is 0.0434. The van der Waals surface area contributed by atoms with E-state index in [-0.39, 0.29) is 5.57 Å². The molecule has 3 aromatic rings. The van der Waals surface area contributed by atoms with E-state index in [1.54, 1.807) is 19.3 Å². The molecule has 0 spiro atoms. The topological polar surface area (TPSA) is 62.1 Å². The van der Waals surface area contributed by atoms with Gasteiger partial charge in [0.05, 0.1) is 7.11 Å². The van der Waals surface area contributed by atoms with Crippen LogP contribution in [0.15, 0.2) is 66.2 Å². The summed E-state index contributed by atoms with van der Waals surface area (Å²) in [5, 5.41) is 14.1. The number of carbonyl (C=O) groups is 1. The van der Waals surface area contributed by atoms with Crippen LogP contribution in [0.25, 0.3) is 16.8 Å². The van der Waals surface area contributed by atoms with Crippen LogP contribution >= 0.6 is 0 Å². The van der Waals surface area contributed by atoms with E-state index in [2.05, 4.69) is 5.32 Å². The molecule has 0 heterocycles. The van der Waals surface area contributed by atoms with Gasteiger partial charge in [-0.15, -0.1) is 0 Å². The lowest BCUT2D eigenvalue weighted by Gasteiger charge is -2.09. The molecule has 128 valence electrons. The van der Waals surface area contributed by atoms with E-state index in [9.17, 15) is 10.1 Å². The number of benzene rings is 3. The fraction of sp³-hybridized carbons (Fsp3) is 0.0909. The highest BCUT2D eigenvalue weighted by atomic mass is 16.5. The van der Waals surface area contributed by atoms with Crippen molar-refractivity contribution < 1.29 is 9.53 Å². The molecule has 0 bridgehead atoms. The molecular formula is C22H18N2O2. The molecular weight excluding hydrogens is 324 g/mol. The Labute approximate surface area is 152 Å². The fourth-order valence-corrected chi connectivity index (χ4v) is 2.82. The quantitative estimate of drug-likeness (QED) is 0.552. The van der Waals surface area contributed by atoms with Crippen LogP contribution in [0.3, 0.4) is 0 Å². The van der Waals surface area contributed by atoms with Crippen molar-refractivity contribution in [3.05, 3.63) is 77.4 Å². The van der Waals surface area contributed by atoms with E-state index in [4.69, 9.17) is 4.74 Å². The second kappa shape index (κ2) is 7.54. The summed E-state index contributed by atoms with van der Waals surface area (Å²) in [7, 11) is 1.62. The number of hydrogen-bond donors (Lipinski definition) is 1. The second-order valence-electron chi connectivity index (χ2n) is 5.90. The molecule has 0 radical (unpaired) electrons. The van der Waals surface area contributed by atoms with Crippen LogP contribution in [-0.2, 0) is 4.79 Å². The number of anilines is 1. The number of nitrogens with one attached hydrogen (secondary N) is 1. The zero-order valence-corrected chi connectivity index (χ0v) is 14.6. The minimum Gasteiger partial charge on any atom is -0.496 e. The summed E-state index contributed by atoms with van der Waals surface area (Å²) in [5.41, 5.74) is 2.53. The average Bonchev–Trinajstić information content (AvgIpc) is 2.66. The van der Waals surface area contributed by atoms with Crippen LogP contribution in [0.1, 0.15) is 11.1 Å². The highest BCUT2D eigenvalue weighted by molar-refractivity contribution is 6.11. The van der Waals surface area contributed by atoms with Crippen LogP contribution < -0.4 is 10.1 Å². The molecule has 0 aliphatic carbocycles. The number of fused-ring (bicyclic) bond motifs is 1. The van der Waals surface area contributed by atoms with Crippen molar-refractivity contribution in [2.45, 2.75) is 6.92 Å². The van der Waals surface area contributed by atoms with Gasteiger partial charge in [-0.25, -0.2) is 0 Å². The molecule has 0 aliphatic heterocycles. The summed E-state index contributed by atoms with van der Waals surface area (Å²) in [5.74, 6) is 0.318. The molecule has 0 atom stereocenters. The van der Waals surface area contributed by atoms with Gasteiger partial charge in [-0.1, -0.05) is 42.5 Å². The largest absolute Gasteiger partial charge is 0.496 e. The number of amides is 1. The number of methoxy groups -OCH3 is 1. The Morgan fingerprint density at radius 2 is 1.85 bits per heavy atom. The molecule has 0 unspecified atom stereocenters. The van der Waals surface area contributed by atoms with Crippen LogP contribution in [0.5, 0.6) is 5.75 Å². The Balaban J connectivity index is 1.98. The first-order chi connectivity index (χ1) is 12.6. The maximum absolute atomic E-state index is 12.5. The second-order valence-corrected chi connectivity index (χ2v) is 5.90. The average molecular weight is 342 g/mol. The van der Waals surface area contributed by atoms with Crippen LogP contribution in [-0.4, -0.2) is 13.0 Å². The summed E-state index contributed by atoms with van der Waals surface area (Å²) < 4.78 is 5.39. The number of nitriles is 1. The normalized spacial score (nSPS) is 11.0. The molecule has 1 amide bonds. The summed E-state index contributed by atoms with van der Waals surface area (Å²) in [6.07, 6.45) is 1.60. The van der Waals surface area contributed by atoms with Crippen LogP contribution in [0, 0.1) is 18.3 Å². The number of ether oxygens (including phenoxy) is 1. The Hall–Kier alpha value is -3.58. The molecule has 4 heteroatoms. The third-order valence-electron chi connectivity index (χ3n) is 4.08. The Kier molecular flexibility index (Phi) is 5.00. The lowest BCUT2D eigenvalue weighted by Crippen LogP contribution is -2.13. The predicted octanol–water partition coefficient (Wildman–Crippen LogP) is 4.70. The van der Waals surface area contributed by atoms with E-state index in [1.807, 2.05) is 67.6 Å². The van der Waals surface area contributed by atoms with Crippen molar-refractivity contribution in [2.75, 3.05) is 12.4 Å². The number of aryl methyl sites for hydroxylation is 1. The van der Waals surface area contributed by atoms with Gasteiger partial charge >= 0.3 is 0 Å². The van der Waals surface area contributed by atoms with Gasteiger partial charge in [0.15, 0.2) is 0 Å². The summed E-state index contributed by atoms with van der Waals surface area (Å²) in [6.45, 7) is 1.94. The minimum atomic E-state index is -0.432. The fourth-order valence-electron chi connectivity index (χ4n) is 2.82. The van der Waals surface area contributed by atoms with E-state index < -0.39 is 5.91 Å². The SMILES string of the molecule is COc1ccc(/C=C(/C#N)C(=O)Nc2cccc(C)c2)c2ccccc12. The lowest BCUT2D eigenvalue weighted by atomic mass is 10.0. The van der Waals surface area contributed by atoms with E-state index in [1.165, 1.54) is 0 Å². The molecule has 0 aliphatic rings. The molecule has 4 nitrogen and oxygen atoms in total. The van der Waals surface area contributed by atoms with E-state index >= 15 is 0 Å². The van der Waals surface area contributed by atoms with Crippen molar-refractivity contribution in [2.24, 2.45) is 0 Å². The summed E-state index contributed by atoms with van der Waals surface area (Å²) in [4.78, 5) is 12.5. The molecule has 0 aromatic heterocycles. The molecule has 3 aromatic carbocycles. The zero-order valence-electron chi connectivity index (χ0n) is 14.6. The lowest BCUT2D eigenvalue weighted by molar-refractivity contribution is -0.112. The summed E-state index contributed by atoms with van der Waals surface area (Å²) >= 11 is 0. The smallest absolute Gasteiger partial charge is 0.266 e. The first kappa shape index (κ1) is 17.2. The van der Waals surface area contributed by atoms with Crippen LogP contribution in [0.4, 0.5) is 5.69 Å². The standard InChI is InChI=1S/C22H18N2O2/c1-15-6-5-7-18(12-15)24-22(25)17(14-23)13-16-10-11-21(26-2)20-9-4-3-8-19(16)20/h3-13H,1-2H3,(H,24,25)/b17-13-. The third-order valence-corrected chi connectivity index (χ3v) is 4.08. The van der Waals surface area contributed by atoms with Gasteiger partial charge in [0.1, 0.15) is 17.4 Å². The van der Waals surface area contributed by atoms with Crippen molar-refractivity contribution >= 4 is 28.4 Å². The van der Waals surface area contributed by atoms with Gasteiger partial charge in [-0.3, -0.25) is 4.79 Å². The Morgan fingerprint density at radius 1 is 1.08 bits per heavy atom. The van der Waals surface area contributed by atoms with Gasteiger partial charge in [0.2, 0.25) is 0 Å².